The molecule has 2 N–H and O–H groups in total. The van der Waals surface area contributed by atoms with Gasteiger partial charge in [-0.3, -0.25) is 9.59 Å². The number of amides is 3. The highest BCUT2D eigenvalue weighted by atomic mass is 16.6. The molecule has 0 aliphatic carbocycles. The number of hydrogen-bond acceptors (Lipinski definition) is 4. The molecule has 0 heterocycles. The van der Waals surface area contributed by atoms with Crippen LogP contribution >= 0.6 is 0 Å². The van der Waals surface area contributed by atoms with Gasteiger partial charge in [0.15, 0.2) is 0 Å². The fourth-order valence-electron chi connectivity index (χ4n) is 4.77. The van der Waals surface area contributed by atoms with E-state index in [-0.39, 0.29) is 24.8 Å². The van der Waals surface area contributed by atoms with Crippen LogP contribution in [0, 0.1) is 20.8 Å². The Kier molecular flexibility index (Phi) is 10.1. The van der Waals surface area contributed by atoms with Crippen molar-refractivity contribution in [1.82, 2.24) is 10.2 Å². The fourth-order valence-corrected chi connectivity index (χ4v) is 4.77. The molecule has 40 heavy (non-hydrogen) atoms. The maximum atomic E-state index is 14.3. The number of carbonyl (C=O) groups excluding carboxylic acids is 3. The zero-order valence-corrected chi connectivity index (χ0v) is 24.6. The predicted octanol–water partition coefficient (Wildman–Crippen LogP) is 6.28. The van der Waals surface area contributed by atoms with Gasteiger partial charge >= 0.3 is 6.09 Å². The van der Waals surface area contributed by atoms with Crippen LogP contribution in [-0.4, -0.2) is 41.0 Å². The minimum Gasteiger partial charge on any atom is -0.444 e. The monoisotopic (exact) mass is 543 g/mol. The molecular formula is C33H41N3O4. The second kappa shape index (κ2) is 13.3. The standard InChI is InChI=1S/C33H41N3O4/c1-8-36(31(38)27(21-25-18-10-9-11-19-25)35-32(39)40-33(5,6)7)29(28-23(3)16-14-17-24(28)4)30(37)34-26-20-13-12-15-22(26)2/h9-20,27,29H,8,21H2,1-7H3,(H,34,37)(H,35,39). The number of benzene rings is 3. The van der Waals surface area contributed by atoms with Crippen molar-refractivity contribution in [3.8, 4) is 0 Å². The number of alkyl carbamates (subject to hydrolysis) is 1. The zero-order valence-electron chi connectivity index (χ0n) is 24.6. The van der Waals surface area contributed by atoms with Gasteiger partial charge in [-0.15, -0.1) is 0 Å². The van der Waals surface area contributed by atoms with Gasteiger partial charge < -0.3 is 20.3 Å². The van der Waals surface area contributed by atoms with E-state index in [2.05, 4.69) is 10.6 Å². The van der Waals surface area contributed by atoms with Gasteiger partial charge in [-0.05, 0) is 82.3 Å². The highest BCUT2D eigenvalue weighted by molar-refractivity contribution is 5.99. The number of likely N-dealkylation sites (N-methyl/N-ethyl adjacent to an activating group) is 1. The van der Waals surface area contributed by atoms with Crippen LogP contribution in [0.4, 0.5) is 10.5 Å². The first-order valence-corrected chi connectivity index (χ1v) is 13.7. The van der Waals surface area contributed by atoms with Gasteiger partial charge in [-0.2, -0.15) is 0 Å². The summed E-state index contributed by atoms with van der Waals surface area (Å²) in [7, 11) is 0. The van der Waals surface area contributed by atoms with Crippen molar-refractivity contribution in [1.29, 1.82) is 0 Å². The molecule has 3 amide bonds. The Morgan fingerprint density at radius 3 is 1.98 bits per heavy atom. The molecule has 3 aromatic carbocycles. The van der Waals surface area contributed by atoms with Crippen molar-refractivity contribution in [3.05, 3.63) is 101 Å². The normalized spacial score (nSPS) is 12.7. The van der Waals surface area contributed by atoms with Gasteiger partial charge in [0.25, 0.3) is 5.91 Å². The lowest BCUT2D eigenvalue weighted by Crippen LogP contribution is -2.53. The van der Waals surface area contributed by atoms with Crippen LogP contribution in [-0.2, 0) is 20.7 Å². The molecule has 0 fully saturated rings. The van der Waals surface area contributed by atoms with Crippen LogP contribution < -0.4 is 10.6 Å². The number of nitrogens with one attached hydrogen (secondary N) is 2. The minimum atomic E-state index is -0.949. The van der Waals surface area contributed by atoms with E-state index >= 15 is 0 Å². The highest BCUT2D eigenvalue weighted by Gasteiger charge is 2.37. The Morgan fingerprint density at radius 1 is 0.825 bits per heavy atom. The number of hydrogen-bond donors (Lipinski definition) is 2. The summed E-state index contributed by atoms with van der Waals surface area (Å²) in [5.74, 6) is -0.692. The van der Waals surface area contributed by atoms with Crippen molar-refractivity contribution < 1.29 is 19.1 Å². The van der Waals surface area contributed by atoms with E-state index in [4.69, 9.17) is 4.74 Å². The van der Waals surface area contributed by atoms with Crippen molar-refractivity contribution in [3.63, 3.8) is 0 Å². The minimum absolute atomic E-state index is 0.244. The molecule has 0 aliphatic rings. The average molecular weight is 544 g/mol. The Bertz CT molecular complexity index is 1310. The molecule has 7 heteroatoms. The van der Waals surface area contributed by atoms with Crippen molar-refractivity contribution >= 4 is 23.6 Å². The van der Waals surface area contributed by atoms with E-state index in [9.17, 15) is 14.4 Å². The van der Waals surface area contributed by atoms with Crippen LogP contribution in [0.15, 0.2) is 72.8 Å². The van der Waals surface area contributed by atoms with E-state index in [1.165, 1.54) is 0 Å². The first-order chi connectivity index (χ1) is 18.9. The van der Waals surface area contributed by atoms with Crippen molar-refractivity contribution in [2.75, 3.05) is 11.9 Å². The molecule has 3 aromatic rings. The molecule has 2 atom stereocenters. The summed E-state index contributed by atoms with van der Waals surface area (Å²) in [6.07, 6.45) is -0.445. The summed E-state index contributed by atoms with van der Waals surface area (Å²) in [5, 5.41) is 5.83. The van der Waals surface area contributed by atoms with Crippen LogP contribution in [0.1, 0.15) is 61.6 Å². The molecule has 7 nitrogen and oxygen atoms in total. The molecule has 3 rings (SSSR count). The number of anilines is 1. The third kappa shape index (κ3) is 7.94. The quantitative estimate of drug-likeness (QED) is 0.333. The molecule has 0 saturated carbocycles. The van der Waals surface area contributed by atoms with Gasteiger partial charge in [-0.25, -0.2) is 4.79 Å². The summed E-state index contributed by atoms with van der Waals surface area (Å²) in [5.41, 5.74) is 4.30. The van der Waals surface area contributed by atoms with E-state index in [1.54, 1.807) is 25.7 Å². The van der Waals surface area contributed by atoms with E-state index < -0.39 is 23.8 Å². The summed E-state index contributed by atoms with van der Waals surface area (Å²) in [6.45, 7) is 13.2. The zero-order chi connectivity index (χ0) is 29.4. The van der Waals surface area contributed by atoms with Gasteiger partial charge in [-0.1, -0.05) is 66.7 Å². The largest absolute Gasteiger partial charge is 0.444 e. The number of nitrogens with zero attached hydrogens (tertiary/aromatic N) is 1. The summed E-state index contributed by atoms with van der Waals surface area (Å²) < 4.78 is 5.49. The van der Waals surface area contributed by atoms with Gasteiger partial charge in [0.1, 0.15) is 17.7 Å². The van der Waals surface area contributed by atoms with Gasteiger partial charge in [0.2, 0.25) is 5.91 Å². The summed E-state index contributed by atoms with van der Waals surface area (Å²) >= 11 is 0. The predicted molar refractivity (Wildman–Crippen MR) is 159 cm³/mol. The van der Waals surface area contributed by atoms with Crippen molar-refractivity contribution in [2.24, 2.45) is 0 Å². The van der Waals surface area contributed by atoms with E-state index in [1.807, 2.05) is 100 Å². The molecule has 2 unspecified atom stereocenters. The lowest BCUT2D eigenvalue weighted by atomic mass is 9.93. The fraction of sp³-hybridized carbons (Fsp3) is 0.364. The Labute approximate surface area is 237 Å². The second-order valence-corrected chi connectivity index (χ2v) is 11.0. The summed E-state index contributed by atoms with van der Waals surface area (Å²) in [4.78, 5) is 42.8. The van der Waals surface area contributed by atoms with Crippen LogP contribution in [0.3, 0.4) is 0 Å². The topological polar surface area (TPSA) is 87.7 Å². The molecule has 212 valence electrons. The molecule has 0 spiro atoms. The maximum Gasteiger partial charge on any atom is 0.408 e. The smallest absolute Gasteiger partial charge is 0.408 e. The van der Waals surface area contributed by atoms with Gasteiger partial charge in [0.05, 0.1) is 0 Å². The average Bonchev–Trinajstić information content (AvgIpc) is 2.88. The lowest BCUT2D eigenvalue weighted by molar-refractivity contribution is -0.140. The van der Waals surface area contributed by atoms with Crippen LogP contribution in [0.2, 0.25) is 0 Å². The third-order valence-corrected chi connectivity index (χ3v) is 6.67. The molecular weight excluding hydrogens is 502 g/mol. The second-order valence-electron chi connectivity index (χ2n) is 11.0. The van der Waals surface area contributed by atoms with Crippen molar-refractivity contribution in [2.45, 2.75) is 72.6 Å². The highest BCUT2D eigenvalue weighted by Crippen LogP contribution is 2.30. The Morgan fingerprint density at radius 2 is 1.40 bits per heavy atom. The number of ether oxygens (including phenoxy) is 1. The maximum absolute atomic E-state index is 14.3. The molecule has 0 saturated heterocycles. The SMILES string of the molecule is CCN(C(=O)C(Cc1ccccc1)NC(=O)OC(C)(C)C)C(C(=O)Nc1ccccc1C)c1c(C)cccc1C. The molecule has 0 aliphatic heterocycles. The third-order valence-electron chi connectivity index (χ3n) is 6.67. The molecule has 0 bridgehead atoms. The summed E-state index contributed by atoms with van der Waals surface area (Å²) in [6, 6.07) is 21.0. The Balaban J connectivity index is 2.05. The first kappa shape index (κ1) is 30.4. The first-order valence-electron chi connectivity index (χ1n) is 13.7. The number of para-hydroxylation sites is 1. The number of rotatable bonds is 9. The van der Waals surface area contributed by atoms with Crippen LogP contribution in [0.25, 0.3) is 0 Å². The van der Waals surface area contributed by atoms with E-state index in [0.717, 1.165) is 27.8 Å². The number of carbonyl (C=O) groups is 3. The molecule has 0 aromatic heterocycles. The van der Waals surface area contributed by atoms with E-state index in [0.29, 0.717) is 5.69 Å². The Hall–Kier alpha value is -4.13. The number of aryl methyl sites for hydroxylation is 3. The van der Waals surface area contributed by atoms with Crippen LogP contribution in [0.5, 0.6) is 0 Å². The van der Waals surface area contributed by atoms with Gasteiger partial charge in [0, 0.05) is 18.7 Å². The molecule has 0 radical (unpaired) electrons. The lowest BCUT2D eigenvalue weighted by Gasteiger charge is -2.35.